The van der Waals surface area contributed by atoms with Crippen molar-refractivity contribution in [2.24, 2.45) is 0 Å². The molecule has 0 spiro atoms. The van der Waals surface area contributed by atoms with Crippen LogP contribution in [0.5, 0.6) is 0 Å². The number of thiophene rings is 1. The van der Waals surface area contributed by atoms with Gasteiger partial charge in [-0.25, -0.2) is 9.97 Å². The van der Waals surface area contributed by atoms with Crippen LogP contribution in [-0.2, 0) is 4.79 Å². The molecule has 3 aromatic heterocycles. The lowest BCUT2D eigenvalue weighted by Crippen LogP contribution is -2.40. The Morgan fingerprint density at radius 1 is 1.48 bits per heavy atom. The van der Waals surface area contributed by atoms with Crippen LogP contribution in [0.3, 0.4) is 0 Å². The van der Waals surface area contributed by atoms with Crippen LogP contribution in [0.1, 0.15) is 18.6 Å². The number of nitrogens with one attached hydrogen (secondary N) is 1. The smallest absolute Gasteiger partial charge is 0.248 e. The second-order valence-electron chi connectivity index (χ2n) is 5.50. The Balaban J connectivity index is 1.61. The number of aromatic nitrogens is 3. The molecule has 1 fully saturated rings. The molecule has 118 valence electrons. The van der Waals surface area contributed by atoms with Crippen molar-refractivity contribution in [1.29, 1.82) is 0 Å². The Hall–Kier alpha value is -2.48. The van der Waals surface area contributed by atoms with E-state index in [-0.39, 0.29) is 11.9 Å². The van der Waals surface area contributed by atoms with Crippen LogP contribution in [0.25, 0.3) is 10.2 Å². The van der Waals surface area contributed by atoms with E-state index in [0.717, 1.165) is 35.4 Å². The van der Waals surface area contributed by atoms with Crippen LogP contribution in [0, 0.1) is 6.92 Å². The third-order valence-electron chi connectivity index (χ3n) is 3.95. The van der Waals surface area contributed by atoms with Gasteiger partial charge in [-0.15, -0.1) is 11.3 Å². The number of carbonyl (C=O) groups excluding carboxylic acids is 1. The number of aryl methyl sites for hydroxylation is 1. The molecule has 0 saturated carbocycles. The average Bonchev–Trinajstić information content (AvgIpc) is 3.26. The third kappa shape index (κ3) is 2.55. The predicted molar refractivity (Wildman–Crippen MR) is 87.7 cm³/mol. The maximum Gasteiger partial charge on any atom is 0.248 e. The summed E-state index contributed by atoms with van der Waals surface area (Å²) in [5.74, 6) is 1.85. The van der Waals surface area contributed by atoms with Gasteiger partial charge in [0.1, 0.15) is 28.8 Å². The molecule has 1 N–H and O–H groups in total. The minimum atomic E-state index is -0.259. The largest absolute Gasteiger partial charge is 0.360 e. The number of hydrogen-bond donors (Lipinski definition) is 1. The molecule has 1 saturated heterocycles. The summed E-state index contributed by atoms with van der Waals surface area (Å²) in [5, 5.41) is 9.62. The summed E-state index contributed by atoms with van der Waals surface area (Å²) < 4.78 is 4.99. The molecule has 1 amide bonds. The molecule has 0 bridgehead atoms. The number of hydrogen-bond acceptors (Lipinski definition) is 7. The molecule has 0 radical (unpaired) electrons. The second-order valence-corrected chi connectivity index (χ2v) is 6.39. The number of fused-ring (bicyclic) bond motifs is 1. The molecule has 1 aliphatic heterocycles. The molecule has 7 nitrogen and oxygen atoms in total. The van der Waals surface area contributed by atoms with Crippen molar-refractivity contribution in [1.82, 2.24) is 15.1 Å². The molecule has 8 heteroatoms. The fourth-order valence-corrected chi connectivity index (χ4v) is 3.66. The number of nitrogens with zero attached hydrogens (tertiary/aromatic N) is 4. The first kappa shape index (κ1) is 14.1. The Labute approximate surface area is 136 Å². The van der Waals surface area contributed by atoms with E-state index in [2.05, 4.69) is 25.3 Å². The summed E-state index contributed by atoms with van der Waals surface area (Å²) in [6.45, 7) is 2.59. The standard InChI is InChI=1S/C15H15N5O2S/c1-9-7-12(19-22-9)18-14(21)11-3-2-5-20(11)13-10-4-6-23-15(10)17-8-16-13/h4,6-8,11H,2-3,5H2,1H3,(H,18,19,21). The summed E-state index contributed by atoms with van der Waals surface area (Å²) in [4.78, 5) is 24.3. The molecule has 23 heavy (non-hydrogen) atoms. The highest BCUT2D eigenvalue weighted by atomic mass is 32.1. The van der Waals surface area contributed by atoms with Crippen molar-refractivity contribution < 1.29 is 9.32 Å². The molecule has 4 rings (SSSR count). The summed E-state index contributed by atoms with van der Waals surface area (Å²) in [7, 11) is 0. The van der Waals surface area contributed by atoms with Gasteiger partial charge in [0.2, 0.25) is 5.91 Å². The van der Waals surface area contributed by atoms with Crippen LogP contribution in [0.4, 0.5) is 11.6 Å². The molecular formula is C15H15N5O2S. The lowest BCUT2D eigenvalue weighted by Gasteiger charge is -2.24. The van der Waals surface area contributed by atoms with Gasteiger partial charge in [-0.2, -0.15) is 0 Å². The quantitative estimate of drug-likeness (QED) is 0.795. The second kappa shape index (κ2) is 5.62. The van der Waals surface area contributed by atoms with Crippen LogP contribution >= 0.6 is 11.3 Å². The van der Waals surface area contributed by atoms with E-state index in [1.165, 1.54) is 0 Å². The number of amides is 1. The molecule has 4 heterocycles. The van der Waals surface area contributed by atoms with E-state index >= 15 is 0 Å². The van der Waals surface area contributed by atoms with Gasteiger partial charge in [-0.3, -0.25) is 4.79 Å². The fourth-order valence-electron chi connectivity index (χ4n) is 2.93. The average molecular weight is 329 g/mol. The van der Waals surface area contributed by atoms with Gasteiger partial charge in [0, 0.05) is 12.6 Å². The SMILES string of the molecule is Cc1cc(NC(=O)C2CCCN2c2ncnc3sccc23)no1. The summed E-state index contributed by atoms with van der Waals surface area (Å²) in [6.07, 6.45) is 3.30. The van der Waals surface area contributed by atoms with E-state index in [4.69, 9.17) is 4.52 Å². The highest BCUT2D eigenvalue weighted by Gasteiger charge is 2.33. The van der Waals surface area contributed by atoms with Crippen molar-refractivity contribution in [2.75, 3.05) is 16.8 Å². The third-order valence-corrected chi connectivity index (χ3v) is 4.77. The van der Waals surface area contributed by atoms with Crippen molar-refractivity contribution in [3.8, 4) is 0 Å². The van der Waals surface area contributed by atoms with Crippen molar-refractivity contribution >= 4 is 39.1 Å². The van der Waals surface area contributed by atoms with Crippen molar-refractivity contribution in [3.05, 3.63) is 29.6 Å². The Morgan fingerprint density at radius 3 is 3.22 bits per heavy atom. The zero-order valence-electron chi connectivity index (χ0n) is 12.5. The van der Waals surface area contributed by atoms with Gasteiger partial charge >= 0.3 is 0 Å². The van der Waals surface area contributed by atoms with Crippen LogP contribution in [0.2, 0.25) is 0 Å². The summed E-state index contributed by atoms with van der Waals surface area (Å²) in [6, 6.07) is 3.45. The van der Waals surface area contributed by atoms with Gasteiger partial charge < -0.3 is 14.7 Å². The highest BCUT2D eigenvalue weighted by molar-refractivity contribution is 7.16. The Kier molecular flexibility index (Phi) is 3.45. The lowest BCUT2D eigenvalue weighted by molar-refractivity contribution is -0.117. The zero-order chi connectivity index (χ0) is 15.8. The van der Waals surface area contributed by atoms with Gasteiger partial charge in [-0.05, 0) is 31.2 Å². The van der Waals surface area contributed by atoms with Gasteiger partial charge in [0.05, 0.1) is 5.39 Å². The van der Waals surface area contributed by atoms with Crippen molar-refractivity contribution in [2.45, 2.75) is 25.8 Å². The number of anilines is 2. The summed E-state index contributed by atoms with van der Waals surface area (Å²) >= 11 is 1.57. The van der Waals surface area contributed by atoms with Crippen LogP contribution in [-0.4, -0.2) is 33.6 Å². The lowest BCUT2D eigenvalue weighted by atomic mass is 10.2. The maximum atomic E-state index is 12.6. The van der Waals surface area contributed by atoms with Crippen molar-refractivity contribution in [3.63, 3.8) is 0 Å². The Bertz CT molecular complexity index is 858. The number of rotatable bonds is 3. The topological polar surface area (TPSA) is 84.2 Å². The van der Waals surface area contributed by atoms with Gasteiger partial charge in [-0.1, -0.05) is 5.16 Å². The monoisotopic (exact) mass is 329 g/mol. The van der Waals surface area contributed by atoms with Crippen LogP contribution in [0.15, 0.2) is 28.4 Å². The first-order valence-corrected chi connectivity index (χ1v) is 8.29. The fraction of sp³-hybridized carbons (Fsp3) is 0.333. The first-order chi connectivity index (χ1) is 11.2. The molecular weight excluding hydrogens is 314 g/mol. The van der Waals surface area contributed by atoms with Gasteiger partial charge in [0.15, 0.2) is 5.82 Å². The molecule has 3 aromatic rings. The highest BCUT2D eigenvalue weighted by Crippen LogP contribution is 2.32. The molecule has 1 atom stereocenters. The van der Waals surface area contributed by atoms with E-state index in [1.807, 2.05) is 11.4 Å². The molecule has 0 aromatic carbocycles. The predicted octanol–water partition coefficient (Wildman–Crippen LogP) is 2.60. The minimum Gasteiger partial charge on any atom is -0.360 e. The van der Waals surface area contributed by atoms with E-state index in [0.29, 0.717) is 11.6 Å². The number of carbonyl (C=O) groups is 1. The molecule has 1 aliphatic rings. The maximum absolute atomic E-state index is 12.6. The molecule has 1 unspecified atom stereocenters. The minimum absolute atomic E-state index is 0.0854. The van der Waals surface area contributed by atoms with E-state index in [1.54, 1.807) is 30.7 Å². The van der Waals surface area contributed by atoms with Crippen LogP contribution < -0.4 is 10.2 Å². The normalized spacial score (nSPS) is 17.8. The summed E-state index contributed by atoms with van der Waals surface area (Å²) in [5.41, 5.74) is 0. The van der Waals surface area contributed by atoms with E-state index < -0.39 is 0 Å². The van der Waals surface area contributed by atoms with E-state index in [9.17, 15) is 4.79 Å². The molecule has 0 aliphatic carbocycles. The first-order valence-electron chi connectivity index (χ1n) is 7.41. The zero-order valence-corrected chi connectivity index (χ0v) is 13.3. The Morgan fingerprint density at radius 2 is 2.39 bits per heavy atom. The van der Waals surface area contributed by atoms with Gasteiger partial charge in [0.25, 0.3) is 0 Å².